The van der Waals surface area contributed by atoms with Crippen molar-refractivity contribution in [3.05, 3.63) is 35.4 Å². The number of nitrogens with one attached hydrogen (secondary N) is 3. The minimum absolute atomic E-state index is 0.184. The first-order valence-corrected chi connectivity index (χ1v) is 10.3. The zero-order valence-corrected chi connectivity index (χ0v) is 17.1. The minimum Gasteiger partial charge on any atom is -0.357 e. The maximum Gasteiger partial charge on any atom is 0.223 e. The van der Waals surface area contributed by atoms with Gasteiger partial charge in [0.1, 0.15) is 0 Å². The number of carbonyl (C=O) groups excluding carboxylic acids is 1. The van der Waals surface area contributed by atoms with Crippen molar-refractivity contribution in [1.29, 1.82) is 0 Å². The highest BCUT2D eigenvalue weighted by molar-refractivity contribution is 5.81. The summed E-state index contributed by atoms with van der Waals surface area (Å²) >= 11 is 0. The van der Waals surface area contributed by atoms with Gasteiger partial charge in [-0.1, -0.05) is 38.1 Å². The van der Waals surface area contributed by atoms with Crippen LogP contribution >= 0.6 is 0 Å². The van der Waals surface area contributed by atoms with Gasteiger partial charge in [-0.25, -0.2) is 4.99 Å². The number of carbonyl (C=O) groups is 1. The fourth-order valence-electron chi connectivity index (χ4n) is 2.90. The molecule has 6 nitrogen and oxygen atoms in total. The second kappa shape index (κ2) is 11.6. The second-order valence-electron chi connectivity index (χ2n) is 6.97. The number of hydrogen-bond acceptors (Lipinski definition) is 3. The highest BCUT2D eigenvalue weighted by Gasteiger charge is 2.28. The lowest BCUT2D eigenvalue weighted by Gasteiger charge is -2.18. The molecule has 27 heavy (non-hydrogen) atoms. The van der Waals surface area contributed by atoms with Crippen molar-refractivity contribution in [2.45, 2.75) is 46.7 Å². The molecule has 0 bridgehead atoms. The van der Waals surface area contributed by atoms with Crippen LogP contribution in [-0.2, 0) is 17.9 Å². The molecule has 1 fully saturated rings. The Kier molecular flexibility index (Phi) is 9.11. The number of aliphatic imine (C=N–C) groups is 1. The Morgan fingerprint density at radius 1 is 1.07 bits per heavy atom. The fraction of sp³-hybridized carbons (Fsp3) is 0.619. The molecule has 3 N–H and O–H groups in total. The van der Waals surface area contributed by atoms with E-state index >= 15 is 0 Å². The molecule has 1 amide bonds. The summed E-state index contributed by atoms with van der Waals surface area (Å²) in [6, 6.07) is 8.64. The molecule has 1 aliphatic rings. The molecular formula is C21H35N5O. The van der Waals surface area contributed by atoms with Crippen LogP contribution in [0.5, 0.6) is 0 Å². The lowest BCUT2D eigenvalue weighted by Crippen LogP contribution is -2.41. The van der Waals surface area contributed by atoms with Crippen LogP contribution in [0.1, 0.15) is 44.7 Å². The summed E-state index contributed by atoms with van der Waals surface area (Å²) in [5.74, 6) is 1.23. The number of hydrogen-bond donors (Lipinski definition) is 3. The average Bonchev–Trinajstić information content (AvgIpc) is 3.53. The van der Waals surface area contributed by atoms with E-state index in [0.29, 0.717) is 19.6 Å². The van der Waals surface area contributed by atoms with Gasteiger partial charge in [0.15, 0.2) is 5.96 Å². The number of nitrogens with zero attached hydrogens (tertiary/aromatic N) is 2. The predicted octanol–water partition coefficient (Wildman–Crippen LogP) is 2.11. The third-order valence-corrected chi connectivity index (χ3v) is 4.72. The van der Waals surface area contributed by atoms with Gasteiger partial charge < -0.3 is 16.0 Å². The molecule has 150 valence electrons. The van der Waals surface area contributed by atoms with Crippen molar-refractivity contribution >= 4 is 11.9 Å². The van der Waals surface area contributed by atoms with E-state index in [1.807, 2.05) is 0 Å². The van der Waals surface area contributed by atoms with Gasteiger partial charge in [-0.3, -0.25) is 9.69 Å². The first-order chi connectivity index (χ1) is 13.2. The maximum atomic E-state index is 11.7. The van der Waals surface area contributed by atoms with Crippen molar-refractivity contribution < 1.29 is 4.79 Å². The van der Waals surface area contributed by atoms with Crippen LogP contribution in [0.2, 0.25) is 0 Å². The smallest absolute Gasteiger partial charge is 0.223 e. The van der Waals surface area contributed by atoms with Crippen molar-refractivity contribution in [3.8, 4) is 0 Å². The van der Waals surface area contributed by atoms with Gasteiger partial charge in [-0.2, -0.15) is 0 Å². The zero-order valence-electron chi connectivity index (χ0n) is 17.1. The largest absolute Gasteiger partial charge is 0.357 e. The standard InChI is InChI=1S/C21H35N5O/c1-4-22-21(24-13-12-23-20(27)19-10-11-19)25-15-17-8-7-9-18(14-17)16-26(5-2)6-3/h7-9,14,19H,4-6,10-13,15-16H2,1-3H3,(H,23,27)(H2,22,24,25). The highest BCUT2D eigenvalue weighted by Crippen LogP contribution is 2.28. The van der Waals surface area contributed by atoms with E-state index in [-0.39, 0.29) is 11.8 Å². The molecule has 1 aromatic rings. The molecule has 0 atom stereocenters. The summed E-state index contributed by atoms with van der Waals surface area (Å²) in [4.78, 5) is 18.7. The SMILES string of the molecule is CCNC(=NCc1cccc(CN(CC)CC)c1)NCCNC(=O)C1CC1. The lowest BCUT2D eigenvalue weighted by molar-refractivity contribution is -0.122. The molecule has 2 rings (SSSR count). The van der Waals surface area contributed by atoms with Crippen LogP contribution in [0.15, 0.2) is 29.3 Å². The first kappa shape index (κ1) is 21.2. The predicted molar refractivity (Wildman–Crippen MR) is 112 cm³/mol. The van der Waals surface area contributed by atoms with E-state index < -0.39 is 0 Å². The topological polar surface area (TPSA) is 68.8 Å². The van der Waals surface area contributed by atoms with E-state index in [1.54, 1.807) is 0 Å². The Labute approximate surface area is 163 Å². The van der Waals surface area contributed by atoms with Crippen molar-refractivity contribution in [3.63, 3.8) is 0 Å². The second-order valence-corrected chi connectivity index (χ2v) is 6.97. The number of rotatable bonds is 11. The summed E-state index contributed by atoms with van der Waals surface area (Å²) in [5, 5.41) is 9.51. The molecule has 0 spiro atoms. The molecule has 1 aliphatic carbocycles. The number of amides is 1. The van der Waals surface area contributed by atoms with Gasteiger partial charge in [0.2, 0.25) is 5.91 Å². The van der Waals surface area contributed by atoms with Gasteiger partial charge in [0.25, 0.3) is 0 Å². The fourth-order valence-corrected chi connectivity index (χ4v) is 2.90. The van der Waals surface area contributed by atoms with E-state index in [9.17, 15) is 4.79 Å². The molecule has 0 heterocycles. The molecule has 0 aromatic heterocycles. The summed E-state index contributed by atoms with van der Waals surface area (Å²) in [5.41, 5.74) is 2.53. The van der Waals surface area contributed by atoms with Crippen LogP contribution in [0, 0.1) is 5.92 Å². The zero-order chi connectivity index (χ0) is 19.5. The van der Waals surface area contributed by atoms with Crippen LogP contribution in [0.25, 0.3) is 0 Å². The van der Waals surface area contributed by atoms with Gasteiger partial charge in [-0.15, -0.1) is 0 Å². The van der Waals surface area contributed by atoms with Crippen molar-refractivity contribution in [2.75, 3.05) is 32.7 Å². The lowest BCUT2D eigenvalue weighted by atomic mass is 10.1. The first-order valence-electron chi connectivity index (χ1n) is 10.3. The van der Waals surface area contributed by atoms with E-state index in [0.717, 1.165) is 45.0 Å². The Bertz CT molecular complexity index is 608. The normalized spacial score (nSPS) is 14.3. The minimum atomic E-state index is 0.184. The summed E-state index contributed by atoms with van der Waals surface area (Å²) < 4.78 is 0. The Balaban J connectivity index is 1.82. The monoisotopic (exact) mass is 373 g/mol. The third kappa shape index (κ3) is 7.99. The van der Waals surface area contributed by atoms with Gasteiger partial charge in [0, 0.05) is 32.1 Å². The summed E-state index contributed by atoms with van der Waals surface area (Å²) in [6.45, 7) is 12.3. The Hall–Kier alpha value is -2.08. The number of guanidine groups is 1. The van der Waals surface area contributed by atoms with Gasteiger partial charge in [-0.05, 0) is 44.0 Å². The molecule has 0 aliphatic heterocycles. The van der Waals surface area contributed by atoms with Crippen molar-refractivity contribution in [2.24, 2.45) is 10.9 Å². The molecule has 0 saturated heterocycles. The van der Waals surface area contributed by atoms with E-state index in [1.165, 1.54) is 11.1 Å². The van der Waals surface area contributed by atoms with Crippen LogP contribution in [0.3, 0.4) is 0 Å². The highest BCUT2D eigenvalue weighted by atomic mass is 16.2. The summed E-state index contributed by atoms with van der Waals surface area (Å²) in [7, 11) is 0. The molecular weight excluding hydrogens is 338 g/mol. The average molecular weight is 374 g/mol. The Morgan fingerprint density at radius 3 is 2.44 bits per heavy atom. The van der Waals surface area contributed by atoms with E-state index in [4.69, 9.17) is 0 Å². The number of benzene rings is 1. The Morgan fingerprint density at radius 2 is 1.78 bits per heavy atom. The molecule has 6 heteroatoms. The van der Waals surface area contributed by atoms with Crippen LogP contribution < -0.4 is 16.0 Å². The van der Waals surface area contributed by atoms with Crippen LogP contribution in [-0.4, -0.2) is 49.5 Å². The van der Waals surface area contributed by atoms with Gasteiger partial charge >= 0.3 is 0 Å². The maximum absolute atomic E-state index is 11.7. The van der Waals surface area contributed by atoms with Gasteiger partial charge in [0.05, 0.1) is 6.54 Å². The summed E-state index contributed by atoms with van der Waals surface area (Å²) in [6.07, 6.45) is 2.08. The third-order valence-electron chi connectivity index (χ3n) is 4.72. The van der Waals surface area contributed by atoms with E-state index in [2.05, 4.69) is 70.9 Å². The quantitative estimate of drug-likeness (QED) is 0.316. The molecule has 0 unspecified atom stereocenters. The molecule has 0 radical (unpaired) electrons. The van der Waals surface area contributed by atoms with Crippen LogP contribution in [0.4, 0.5) is 0 Å². The molecule has 1 aromatic carbocycles. The molecule has 1 saturated carbocycles. The van der Waals surface area contributed by atoms with Crippen molar-refractivity contribution in [1.82, 2.24) is 20.9 Å².